The summed E-state index contributed by atoms with van der Waals surface area (Å²) in [5, 5.41) is 0. The molecule has 0 N–H and O–H groups in total. The van der Waals surface area contributed by atoms with Crippen molar-refractivity contribution < 1.29 is 0 Å². The van der Waals surface area contributed by atoms with E-state index in [0.29, 0.717) is 0 Å². The van der Waals surface area contributed by atoms with Gasteiger partial charge in [-0.2, -0.15) is 0 Å². The SMILES string of the molecule is CCCC12c3cc4c(cc3C3(CCC)c5cc6c(cc5C(CCC)(c5cc7c(cc51)Cc1c(C)ccc(C)c1C7)C23C)Cc1c(C)ccc(C)c1C6)Cc1c(C)ccc(C)c1C4. The molecule has 0 aromatic heterocycles. The first-order valence-electron chi connectivity index (χ1n) is 24.6. The summed E-state index contributed by atoms with van der Waals surface area (Å²) in [6.07, 6.45) is 13.4. The smallest absolute Gasteiger partial charge is 0.0286 e. The predicted octanol–water partition coefficient (Wildman–Crippen LogP) is 14.6. The summed E-state index contributed by atoms with van der Waals surface area (Å²) in [6.45, 7) is 24.5. The Kier molecular flexibility index (Phi) is 8.14. The summed E-state index contributed by atoms with van der Waals surface area (Å²) in [6, 6.07) is 31.4. The van der Waals surface area contributed by atoms with Gasteiger partial charge in [-0.3, -0.25) is 0 Å². The third-order valence-electron chi connectivity index (χ3n) is 19.1. The molecule has 6 aromatic carbocycles. The first kappa shape index (κ1) is 39.0. The van der Waals surface area contributed by atoms with Crippen molar-refractivity contribution in [2.75, 3.05) is 0 Å². The molecule has 6 aliphatic carbocycles. The summed E-state index contributed by atoms with van der Waals surface area (Å²) in [5.41, 5.74) is 37.7. The predicted molar refractivity (Wildman–Crippen MR) is 259 cm³/mol. The van der Waals surface area contributed by atoms with Crippen molar-refractivity contribution in [3.63, 3.8) is 0 Å². The second kappa shape index (κ2) is 13.0. The molecule has 12 rings (SSSR count). The van der Waals surface area contributed by atoms with Crippen LogP contribution in [0.1, 0.15) is 200 Å². The van der Waals surface area contributed by atoms with Crippen LogP contribution in [0, 0.1) is 47.0 Å². The van der Waals surface area contributed by atoms with Crippen LogP contribution in [0.4, 0.5) is 0 Å². The van der Waals surface area contributed by atoms with Gasteiger partial charge in [-0.25, -0.2) is 0 Å². The standard InChI is InChI=1S/C62H66/c1-11-20-60-53-29-41-23-47-35(4)14-16-37(6)49(47)25-43(41)31-55(53)61(21-12-2)57-33-45-27-51-39(8)18-19-40(9)52(51)28-46(45)34-58(57)62(22-13-3,59(60,61)10)56-32-44-26-50-38(7)17-15-36(5)48(50)24-42(44)30-54(56)60/h14-19,29-34H,11-13,20-28H2,1-10H3. The molecule has 0 aliphatic heterocycles. The molecule has 0 radical (unpaired) electrons. The van der Waals surface area contributed by atoms with Gasteiger partial charge in [0.1, 0.15) is 0 Å². The van der Waals surface area contributed by atoms with Crippen molar-refractivity contribution >= 4 is 0 Å². The van der Waals surface area contributed by atoms with E-state index in [4.69, 9.17) is 0 Å². The van der Waals surface area contributed by atoms with Gasteiger partial charge < -0.3 is 0 Å². The second-order valence-corrected chi connectivity index (χ2v) is 21.6. The van der Waals surface area contributed by atoms with Crippen LogP contribution in [0.25, 0.3) is 0 Å². The molecule has 6 aromatic rings. The van der Waals surface area contributed by atoms with E-state index in [1.165, 1.54) is 71.9 Å². The molecule has 0 saturated heterocycles. The average molecular weight is 811 g/mol. The van der Waals surface area contributed by atoms with Gasteiger partial charge in [0, 0.05) is 21.7 Å². The maximum atomic E-state index is 2.89. The Hall–Kier alpha value is -4.68. The number of rotatable bonds is 6. The van der Waals surface area contributed by atoms with Crippen LogP contribution in [-0.2, 0) is 54.8 Å². The highest BCUT2D eigenvalue weighted by molar-refractivity contribution is 5.80. The van der Waals surface area contributed by atoms with E-state index in [9.17, 15) is 0 Å². The fourth-order valence-electron chi connectivity index (χ4n) is 16.4. The highest BCUT2D eigenvalue weighted by atomic mass is 14.8. The van der Waals surface area contributed by atoms with E-state index in [0.717, 1.165) is 38.5 Å². The summed E-state index contributed by atoms with van der Waals surface area (Å²) in [5.74, 6) is 0. The van der Waals surface area contributed by atoms with Crippen molar-refractivity contribution in [3.05, 3.63) is 206 Å². The Morgan fingerprint density at radius 1 is 0.323 bits per heavy atom. The molecule has 0 atom stereocenters. The van der Waals surface area contributed by atoms with E-state index in [2.05, 4.69) is 142 Å². The first-order chi connectivity index (χ1) is 29.9. The van der Waals surface area contributed by atoms with Crippen molar-refractivity contribution in [1.29, 1.82) is 0 Å². The van der Waals surface area contributed by atoms with Gasteiger partial charge in [-0.1, -0.05) is 120 Å². The molecular weight excluding hydrogens is 745 g/mol. The average Bonchev–Trinajstić information content (AvgIpc) is 3.65. The summed E-state index contributed by atoms with van der Waals surface area (Å²) in [7, 11) is 0. The largest absolute Gasteiger partial charge is 0.0653 e. The molecule has 0 heterocycles. The van der Waals surface area contributed by atoms with Gasteiger partial charge in [0.05, 0.1) is 0 Å². The number of benzene rings is 6. The quantitative estimate of drug-likeness (QED) is 0.157. The topological polar surface area (TPSA) is 0 Å². The third kappa shape index (κ3) is 4.37. The Balaban J connectivity index is 1.21. The third-order valence-corrected chi connectivity index (χ3v) is 19.1. The molecule has 0 nitrogen and oxygen atoms in total. The Labute approximate surface area is 372 Å². The van der Waals surface area contributed by atoms with Gasteiger partial charge in [-0.05, 0) is 233 Å². The van der Waals surface area contributed by atoms with E-state index in [1.54, 1.807) is 100 Å². The number of hydrogen-bond acceptors (Lipinski definition) is 0. The van der Waals surface area contributed by atoms with Crippen LogP contribution in [0.15, 0.2) is 72.8 Å². The summed E-state index contributed by atoms with van der Waals surface area (Å²) in [4.78, 5) is 0. The van der Waals surface area contributed by atoms with Crippen LogP contribution < -0.4 is 0 Å². The van der Waals surface area contributed by atoms with Crippen molar-refractivity contribution in [2.24, 2.45) is 5.41 Å². The molecule has 0 spiro atoms. The molecular formula is C62H66. The highest BCUT2D eigenvalue weighted by Crippen LogP contribution is 2.85. The monoisotopic (exact) mass is 811 g/mol. The fraction of sp³-hybridized carbons (Fsp3) is 0.419. The highest BCUT2D eigenvalue weighted by Gasteiger charge is 2.82. The van der Waals surface area contributed by atoms with E-state index in [1.807, 2.05) is 0 Å². The lowest BCUT2D eigenvalue weighted by molar-refractivity contribution is 0.0540. The van der Waals surface area contributed by atoms with Gasteiger partial charge in [0.2, 0.25) is 0 Å². The van der Waals surface area contributed by atoms with Gasteiger partial charge in [-0.15, -0.1) is 0 Å². The van der Waals surface area contributed by atoms with Gasteiger partial charge in [0.25, 0.3) is 0 Å². The Bertz CT molecular complexity index is 2480. The normalized spacial score (nSPS) is 24.9. The molecule has 0 fully saturated rings. The van der Waals surface area contributed by atoms with E-state index in [-0.39, 0.29) is 21.7 Å². The van der Waals surface area contributed by atoms with Crippen molar-refractivity contribution in [1.82, 2.24) is 0 Å². The summed E-state index contributed by atoms with van der Waals surface area (Å²) < 4.78 is 0. The molecule has 0 amide bonds. The van der Waals surface area contributed by atoms with Gasteiger partial charge >= 0.3 is 0 Å². The fourth-order valence-corrected chi connectivity index (χ4v) is 16.4. The van der Waals surface area contributed by atoms with E-state index >= 15 is 0 Å². The zero-order valence-corrected chi connectivity index (χ0v) is 39.4. The second-order valence-electron chi connectivity index (χ2n) is 21.6. The number of aryl methyl sites for hydroxylation is 6. The van der Waals surface area contributed by atoms with Crippen LogP contribution in [0.3, 0.4) is 0 Å². The maximum absolute atomic E-state index is 2.89. The lowest BCUT2D eigenvalue weighted by atomic mass is 9.48. The summed E-state index contributed by atoms with van der Waals surface area (Å²) >= 11 is 0. The Morgan fingerprint density at radius 2 is 0.500 bits per heavy atom. The molecule has 6 aliphatic rings. The van der Waals surface area contributed by atoms with Crippen LogP contribution in [-0.4, -0.2) is 0 Å². The zero-order valence-electron chi connectivity index (χ0n) is 39.4. The molecule has 0 bridgehead atoms. The van der Waals surface area contributed by atoms with Crippen molar-refractivity contribution in [3.8, 4) is 0 Å². The number of fused-ring (bicyclic) bond motifs is 15. The van der Waals surface area contributed by atoms with Crippen LogP contribution in [0.5, 0.6) is 0 Å². The maximum Gasteiger partial charge on any atom is 0.0286 e. The molecule has 0 heteroatoms. The minimum atomic E-state index is -0.0969. The lowest BCUT2D eigenvalue weighted by Gasteiger charge is -2.53. The molecule has 62 heavy (non-hydrogen) atoms. The van der Waals surface area contributed by atoms with Crippen LogP contribution >= 0.6 is 0 Å². The minimum absolute atomic E-state index is 0.0596. The zero-order chi connectivity index (χ0) is 42.8. The number of hydrogen-bond donors (Lipinski definition) is 0. The van der Waals surface area contributed by atoms with Crippen molar-refractivity contribution in [2.45, 2.75) is 163 Å². The minimum Gasteiger partial charge on any atom is -0.0653 e. The van der Waals surface area contributed by atoms with E-state index < -0.39 is 0 Å². The van der Waals surface area contributed by atoms with Crippen LogP contribution in [0.2, 0.25) is 0 Å². The Morgan fingerprint density at radius 3 is 0.661 bits per heavy atom. The lowest BCUT2D eigenvalue weighted by Crippen LogP contribution is -2.54. The molecule has 0 unspecified atom stereocenters. The molecule has 0 saturated carbocycles. The van der Waals surface area contributed by atoms with Gasteiger partial charge in [0.15, 0.2) is 0 Å². The molecule has 314 valence electrons. The first-order valence-corrected chi connectivity index (χ1v) is 24.6.